The first-order valence-electron chi connectivity index (χ1n) is 6.76. The van der Waals surface area contributed by atoms with E-state index in [1.807, 2.05) is 0 Å². The van der Waals surface area contributed by atoms with Crippen molar-refractivity contribution in [2.45, 2.75) is 38.5 Å². The Balaban J connectivity index is 1.67. The van der Waals surface area contributed by atoms with Gasteiger partial charge in [-0.25, -0.2) is 0 Å². The summed E-state index contributed by atoms with van der Waals surface area (Å²) in [6, 6.07) is 5.06. The second-order valence-corrected chi connectivity index (χ2v) is 4.91. The van der Waals surface area contributed by atoms with Crippen LogP contribution in [0.4, 0.5) is 0 Å². The Bertz CT molecular complexity index is 428. The van der Waals surface area contributed by atoms with E-state index in [0.717, 1.165) is 6.42 Å². The summed E-state index contributed by atoms with van der Waals surface area (Å²) in [6.07, 6.45) is 7.93. The van der Waals surface area contributed by atoms with Crippen molar-refractivity contribution in [3.8, 4) is 0 Å². The molecule has 2 amide bonds. The number of aromatic nitrogens is 1. The molecule has 1 aliphatic carbocycles. The predicted octanol–water partition coefficient (Wildman–Crippen LogP) is 1.81. The fourth-order valence-electron chi connectivity index (χ4n) is 2.38. The van der Waals surface area contributed by atoms with Gasteiger partial charge in [-0.05, 0) is 24.5 Å². The van der Waals surface area contributed by atoms with Crippen molar-refractivity contribution in [3.05, 3.63) is 30.1 Å². The first kappa shape index (κ1) is 13.5. The van der Waals surface area contributed by atoms with E-state index in [1.54, 1.807) is 18.2 Å². The van der Waals surface area contributed by atoms with Crippen molar-refractivity contribution in [2.75, 3.05) is 0 Å². The van der Waals surface area contributed by atoms with Crippen molar-refractivity contribution >= 4 is 11.8 Å². The lowest BCUT2D eigenvalue weighted by Crippen LogP contribution is -2.41. The minimum Gasteiger partial charge on any atom is -0.273 e. The lowest BCUT2D eigenvalue weighted by atomic mass is 10.0. The Morgan fingerprint density at radius 2 is 2.00 bits per heavy atom. The third-order valence-corrected chi connectivity index (χ3v) is 3.47. The molecule has 1 aliphatic rings. The van der Waals surface area contributed by atoms with E-state index in [4.69, 9.17) is 0 Å². The zero-order chi connectivity index (χ0) is 13.5. The molecule has 0 bridgehead atoms. The molecule has 0 aromatic carbocycles. The Kier molecular flexibility index (Phi) is 4.89. The lowest BCUT2D eigenvalue weighted by molar-refractivity contribution is -0.122. The molecular weight excluding hydrogens is 242 g/mol. The van der Waals surface area contributed by atoms with Crippen LogP contribution >= 0.6 is 0 Å². The van der Waals surface area contributed by atoms with Crippen LogP contribution in [0.2, 0.25) is 0 Å². The second kappa shape index (κ2) is 6.87. The van der Waals surface area contributed by atoms with Crippen molar-refractivity contribution < 1.29 is 9.59 Å². The highest BCUT2D eigenvalue weighted by molar-refractivity contribution is 5.93. The molecule has 2 rings (SSSR count). The molecule has 0 saturated heterocycles. The molecule has 1 fully saturated rings. The Morgan fingerprint density at radius 3 is 2.68 bits per heavy atom. The maximum atomic E-state index is 11.6. The highest BCUT2D eigenvalue weighted by atomic mass is 16.2. The summed E-state index contributed by atoms with van der Waals surface area (Å²) in [4.78, 5) is 27.1. The van der Waals surface area contributed by atoms with E-state index in [2.05, 4.69) is 15.8 Å². The van der Waals surface area contributed by atoms with E-state index in [9.17, 15) is 9.59 Å². The topological polar surface area (TPSA) is 71.1 Å². The SMILES string of the molecule is O=C(CCC1CCCC1)NNC(=O)c1ccccn1. The third kappa shape index (κ3) is 4.35. The molecule has 5 heteroatoms. The number of hydrogen-bond donors (Lipinski definition) is 2. The number of carbonyl (C=O) groups is 2. The summed E-state index contributed by atoms with van der Waals surface area (Å²) in [5, 5.41) is 0. The average molecular weight is 261 g/mol. The Morgan fingerprint density at radius 1 is 1.21 bits per heavy atom. The summed E-state index contributed by atoms with van der Waals surface area (Å²) in [5.74, 6) is 0.142. The first-order valence-corrected chi connectivity index (χ1v) is 6.76. The Hall–Kier alpha value is -1.91. The molecule has 0 spiro atoms. The molecule has 2 N–H and O–H groups in total. The van der Waals surface area contributed by atoms with Crippen LogP contribution in [-0.2, 0) is 4.79 Å². The van der Waals surface area contributed by atoms with Crippen LogP contribution in [0.1, 0.15) is 49.0 Å². The number of amides is 2. The maximum absolute atomic E-state index is 11.6. The van der Waals surface area contributed by atoms with Gasteiger partial charge in [-0.15, -0.1) is 0 Å². The number of nitrogens with zero attached hydrogens (tertiary/aromatic N) is 1. The zero-order valence-corrected chi connectivity index (χ0v) is 10.9. The van der Waals surface area contributed by atoms with E-state index < -0.39 is 5.91 Å². The number of hydrazine groups is 1. The molecule has 1 aromatic heterocycles. The quantitative estimate of drug-likeness (QED) is 0.812. The van der Waals surface area contributed by atoms with Gasteiger partial charge in [-0.2, -0.15) is 0 Å². The molecule has 19 heavy (non-hydrogen) atoms. The van der Waals surface area contributed by atoms with Gasteiger partial charge in [0, 0.05) is 12.6 Å². The van der Waals surface area contributed by atoms with Gasteiger partial charge >= 0.3 is 0 Å². The smallest absolute Gasteiger partial charge is 0.273 e. The van der Waals surface area contributed by atoms with E-state index in [0.29, 0.717) is 18.0 Å². The summed E-state index contributed by atoms with van der Waals surface area (Å²) in [5.41, 5.74) is 5.09. The minimum atomic E-state index is -0.394. The molecule has 0 unspecified atom stereocenters. The van der Waals surface area contributed by atoms with Gasteiger partial charge in [0.2, 0.25) is 5.91 Å². The number of rotatable bonds is 4. The fourth-order valence-corrected chi connectivity index (χ4v) is 2.38. The van der Waals surface area contributed by atoms with Crippen LogP contribution in [0.15, 0.2) is 24.4 Å². The van der Waals surface area contributed by atoms with Gasteiger partial charge < -0.3 is 0 Å². The molecule has 102 valence electrons. The van der Waals surface area contributed by atoms with E-state index in [1.165, 1.54) is 31.9 Å². The van der Waals surface area contributed by atoms with Crippen LogP contribution in [0, 0.1) is 5.92 Å². The molecule has 0 radical (unpaired) electrons. The van der Waals surface area contributed by atoms with Gasteiger partial charge in [-0.1, -0.05) is 31.7 Å². The second-order valence-electron chi connectivity index (χ2n) is 4.91. The lowest BCUT2D eigenvalue weighted by Gasteiger charge is -2.09. The summed E-state index contributed by atoms with van der Waals surface area (Å²) >= 11 is 0. The third-order valence-electron chi connectivity index (χ3n) is 3.47. The highest BCUT2D eigenvalue weighted by Gasteiger charge is 2.16. The van der Waals surface area contributed by atoms with Crippen molar-refractivity contribution in [1.29, 1.82) is 0 Å². The largest absolute Gasteiger partial charge is 0.288 e. The zero-order valence-electron chi connectivity index (χ0n) is 10.9. The van der Waals surface area contributed by atoms with Gasteiger partial charge in [0.25, 0.3) is 5.91 Å². The molecule has 0 aliphatic heterocycles. The average Bonchev–Trinajstić information content (AvgIpc) is 2.96. The molecule has 1 heterocycles. The van der Waals surface area contributed by atoms with Gasteiger partial charge in [0.1, 0.15) is 5.69 Å². The molecule has 5 nitrogen and oxygen atoms in total. The number of nitrogens with one attached hydrogen (secondary N) is 2. The molecule has 1 aromatic rings. The van der Waals surface area contributed by atoms with Crippen LogP contribution in [0.3, 0.4) is 0 Å². The van der Waals surface area contributed by atoms with Crippen molar-refractivity contribution in [1.82, 2.24) is 15.8 Å². The van der Waals surface area contributed by atoms with Crippen LogP contribution < -0.4 is 10.9 Å². The standard InChI is InChI=1S/C14H19N3O2/c18-13(9-8-11-5-1-2-6-11)16-17-14(19)12-7-3-4-10-15-12/h3-4,7,10-11H,1-2,5-6,8-9H2,(H,16,18)(H,17,19). The normalized spacial score (nSPS) is 15.2. The van der Waals surface area contributed by atoms with E-state index in [-0.39, 0.29) is 5.91 Å². The molecular formula is C14H19N3O2. The first-order chi connectivity index (χ1) is 9.25. The van der Waals surface area contributed by atoms with Crippen molar-refractivity contribution in [2.24, 2.45) is 5.92 Å². The number of hydrogen-bond acceptors (Lipinski definition) is 3. The van der Waals surface area contributed by atoms with Gasteiger partial charge in [0.15, 0.2) is 0 Å². The molecule has 1 saturated carbocycles. The van der Waals surface area contributed by atoms with Crippen molar-refractivity contribution in [3.63, 3.8) is 0 Å². The van der Waals surface area contributed by atoms with E-state index >= 15 is 0 Å². The Labute approximate surface area is 112 Å². The van der Waals surface area contributed by atoms with Gasteiger partial charge in [0.05, 0.1) is 0 Å². The van der Waals surface area contributed by atoms with Crippen LogP contribution in [0.25, 0.3) is 0 Å². The van der Waals surface area contributed by atoms with Gasteiger partial charge in [-0.3, -0.25) is 25.4 Å². The number of pyridine rings is 1. The summed E-state index contributed by atoms with van der Waals surface area (Å²) < 4.78 is 0. The minimum absolute atomic E-state index is 0.142. The summed E-state index contributed by atoms with van der Waals surface area (Å²) in [7, 11) is 0. The fraction of sp³-hybridized carbons (Fsp3) is 0.500. The maximum Gasteiger partial charge on any atom is 0.288 e. The monoisotopic (exact) mass is 261 g/mol. The van der Waals surface area contributed by atoms with Crippen LogP contribution in [-0.4, -0.2) is 16.8 Å². The highest BCUT2D eigenvalue weighted by Crippen LogP contribution is 2.28. The summed E-state index contributed by atoms with van der Waals surface area (Å²) in [6.45, 7) is 0. The number of carbonyl (C=O) groups excluding carboxylic acids is 2. The molecule has 0 atom stereocenters. The predicted molar refractivity (Wildman–Crippen MR) is 71.0 cm³/mol. The van der Waals surface area contributed by atoms with Crippen LogP contribution in [0.5, 0.6) is 0 Å².